The van der Waals surface area contributed by atoms with Crippen molar-refractivity contribution < 1.29 is 9.60 Å². The number of halogens is 1. The molecule has 0 aliphatic rings. The summed E-state index contributed by atoms with van der Waals surface area (Å²) in [4.78, 5) is 0. The molecule has 0 saturated heterocycles. The Morgan fingerprint density at radius 1 is 1.05 bits per heavy atom. The van der Waals surface area contributed by atoms with Gasteiger partial charge in [-0.2, -0.15) is 0 Å². The van der Waals surface area contributed by atoms with Gasteiger partial charge in [-0.25, -0.2) is 4.39 Å². The first kappa shape index (κ1) is 15.0. The maximum absolute atomic E-state index is 12.8. The molecule has 0 spiro atoms. The molecule has 0 radical (unpaired) electrons. The second kappa shape index (κ2) is 7.40. The van der Waals surface area contributed by atoms with E-state index in [0.29, 0.717) is 5.56 Å². The molecule has 21 heavy (non-hydrogen) atoms. The van der Waals surface area contributed by atoms with E-state index in [1.807, 2.05) is 24.3 Å². The number of nitrogens with two attached hydrogens (primary N) is 1. The molecule has 0 saturated carbocycles. The van der Waals surface area contributed by atoms with E-state index in [9.17, 15) is 4.39 Å². The summed E-state index contributed by atoms with van der Waals surface area (Å²) in [6.45, 7) is 1.55. The first-order chi connectivity index (χ1) is 10.2. The number of hydrogen-bond donors (Lipinski definition) is 3. The number of nitrogens with one attached hydrogen (secondary N) is 1. The molecular weight excluding hydrogens is 269 g/mol. The minimum atomic E-state index is -0.211. The van der Waals surface area contributed by atoms with Gasteiger partial charge in [0.2, 0.25) is 0 Å². The van der Waals surface area contributed by atoms with Crippen molar-refractivity contribution in [2.24, 2.45) is 10.9 Å². The molecule has 2 aromatic carbocycles. The van der Waals surface area contributed by atoms with Crippen LogP contribution in [0.2, 0.25) is 0 Å². The van der Waals surface area contributed by atoms with Crippen molar-refractivity contribution in [1.82, 2.24) is 5.32 Å². The summed E-state index contributed by atoms with van der Waals surface area (Å²) in [6, 6.07) is 14.0. The smallest absolute Gasteiger partial charge is 0.170 e. The summed E-state index contributed by atoms with van der Waals surface area (Å²) in [6.07, 6.45) is 0.850. The van der Waals surface area contributed by atoms with Gasteiger partial charge in [0.25, 0.3) is 0 Å². The number of hydrogen-bond acceptors (Lipinski definition) is 3. The Morgan fingerprint density at radius 3 is 2.29 bits per heavy atom. The van der Waals surface area contributed by atoms with Crippen LogP contribution in [-0.2, 0) is 13.0 Å². The predicted octanol–water partition coefficient (Wildman–Crippen LogP) is 2.25. The summed E-state index contributed by atoms with van der Waals surface area (Å²) in [7, 11) is 0. The normalized spacial score (nSPS) is 11.6. The van der Waals surface area contributed by atoms with Gasteiger partial charge in [0, 0.05) is 12.1 Å². The number of rotatable bonds is 6. The number of oxime groups is 1. The molecule has 0 fully saturated rings. The van der Waals surface area contributed by atoms with Crippen LogP contribution in [0.25, 0.3) is 0 Å². The van der Waals surface area contributed by atoms with Crippen LogP contribution < -0.4 is 11.1 Å². The Kier molecular flexibility index (Phi) is 5.29. The van der Waals surface area contributed by atoms with Crippen LogP contribution in [0.15, 0.2) is 53.7 Å². The molecule has 0 heterocycles. The fourth-order valence-electron chi connectivity index (χ4n) is 1.97. The highest BCUT2D eigenvalue weighted by atomic mass is 19.1. The first-order valence-corrected chi connectivity index (χ1v) is 6.71. The van der Waals surface area contributed by atoms with Gasteiger partial charge in [-0.3, -0.25) is 0 Å². The topological polar surface area (TPSA) is 70.6 Å². The highest BCUT2D eigenvalue weighted by Crippen LogP contribution is 2.05. The van der Waals surface area contributed by atoms with Crippen LogP contribution in [0.4, 0.5) is 4.39 Å². The molecule has 5 heteroatoms. The van der Waals surface area contributed by atoms with E-state index in [1.165, 1.54) is 12.1 Å². The average Bonchev–Trinajstić information content (AvgIpc) is 2.53. The molecule has 2 aromatic rings. The minimum Gasteiger partial charge on any atom is -0.409 e. The molecule has 0 atom stereocenters. The van der Waals surface area contributed by atoms with Crippen molar-refractivity contribution in [1.29, 1.82) is 0 Å². The van der Waals surface area contributed by atoms with Gasteiger partial charge in [-0.15, -0.1) is 0 Å². The largest absolute Gasteiger partial charge is 0.409 e. The number of benzene rings is 2. The molecule has 0 aliphatic carbocycles. The Hall–Kier alpha value is -2.40. The minimum absolute atomic E-state index is 0.103. The van der Waals surface area contributed by atoms with Gasteiger partial charge in [-0.05, 0) is 36.2 Å². The molecule has 0 aromatic heterocycles. The van der Waals surface area contributed by atoms with Gasteiger partial charge >= 0.3 is 0 Å². The Balaban J connectivity index is 1.77. The van der Waals surface area contributed by atoms with Crippen LogP contribution in [0.3, 0.4) is 0 Å². The summed E-state index contributed by atoms with van der Waals surface area (Å²) < 4.78 is 12.8. The van der Waals surface area contributed by atoms with Crippen LogP contribution in [0, 0.1) is 5.82 Å². The molecule has 4 N–H and O–H groups in total. The lowest BCUT2D eigenvalue weighted by Gasteiger charge is -2.06. The van der Waals surface area contributed by atoms with Crippen LogP contribution in [0.5, 0.6) is 0 Å². The fourth-order valence-corrected chi connectivity index (χ4v) is 1.97. The zero-order chi connectivity index (χ0) is 15.1. The maximum atomic E-state index is 12.8. The van der Waals surface area contributed by atoms with Gasteiger partial charge in [0.1, 0.15) is 5.82 Å². The van der Waals surface area contributed by atoms with Crippen LogP contribution in [0.1, 0.15) is 16.7 Å². The summed E-state index contributed by atoms with van der Waals surface area (Å²) in [5, 5.41) is 14.9. The van der Waals surface area contributed by atoms with E-state index in [4.69, 9.17) is 10.9 Å². The summed E-state index contributed by atoms with van der Waals surface area (Å²) in [5.74, 6) is -0.108. The molecular formula is C16H18FN3O. The van der Waals surface area contributed by atoms with E-state index in [2.05, 4.69) is 10.5 Å². The molecule has 0 aliphatic heterocycles. The van der Waals surface area contributed by atoms with E-state index in [-0.39, 0.29) is 11.7 Å². The Bertz CT molecular complexity index is 594. The SMILES string of the molecule is NC(=NO)c1ccc(CNCCc2ccc(F)cc2)cc1. The third-order valence-corrected chi connectivity index (χ3v) is 3.19. The van der Waals surface area contributed by atoms with Crippen LogP contribution in [-0.4, -0.2) is 17.6 Å². The van der Waals surface area contributed by atoms with Crippen LogP contribution >= 0.6 is 0 Å². The second-order valence-electron chi connectivity index (χ2n) is 4.74. The quantitative estimate of drug-likeness (QED) is 0.251. The van der Waals surface area contributed by atoms with E-state index >= 15 is 0 Å². The lowest BCUT2D eigenvalue weighted by molar-refractivity contribution is 0.318. The monoisotopic (exact) mass is 287 g/mol. The molecule has 4 nitrogen and oxygen atoms in total. The molecule has 0 unspecified atom stereocenters. The highest BCUT2D eigenvalue weighted by molar-refractivity contribution is 5.96. The second-order valence-corrected chi connectivity index (χ2v) is 4.74. The highest BCUT2D eigenvalue weighted by Gasteiger charge is 1.99. The molecule has 0 amide bonds. The summed E-state index contributed by atoms with van der Waals surface area (Å²) in [5.41, 5.74) is 8.40. The third-order valence-electron chi connectivity index (χ3n) is 3.19. The molecule has 110 valence electrons. The lowest BCUT2D eigenvalue weighted by Crippen LogP contribution is -2.17. The van der Waals surface area contributed by atoms with Crippen molar-refractivity contribution in [2.75, 3.05) is 6.54 Å². The third kappa shape index (κ3) is 4.57. The van der Waals surface area contributed by atoms with E-state index in [1.54, 1.807) is 12.1 Å². The zero-order valence-electron chi connectivity index (χ0n) is 11.6. The maximum Gasteiger partial charge on any atom is 0.170 e. The van der Waals surface area contributed by atoms with Gasteiger partial charge in [-0.1, -0.05) is 41.6 Å². The van der Waals surface area contributed by atoms with E-state index < -0.39 is 0 Å². The average molecular weight is 287 g/mol. The zero-order valence-corrected chi connectivity index (χ0v) is 11.6. The van der Waals surface area contributed by atoms with Gasteiger partial charge < -0.3 is 16.3 Å². The van der Waals surface area contributed by atoms with Crippen molar-refractivity contribution in [3.05, 3.63) is 71.0 Å². The standard InChI is InChI=1S/C16H18FN3O/c17-15-7-3-12(4-8-15)9-10-19-11-13-1-5-14(6-2-13)16(18)20-21/h1-8,19,21H,9-11H2,(H2,18,20). The van der Waals surface area contributed by atoms with E-state index in [0.717, 1.165) is 30.6 Å². The molecule has 2 rings (SSSR count). The van der Waals surface area contributed by atoms with Gasteiger partial charge in [0.05, 0.1) is 0 Å². The first-order valence-electron chi connectivity index (χ1n) is 6.71. The Morgan fingerprint density at radius 2 is 1.67 bits per heavy atom. The molecule has 0 bridgehead atoms. The van der Waals surface area contributed by atoms with Crippen molar-refractivity contribution >= 4 is 5.84 Å². The van der Waals surface area contributed by atoms with Gasteiger partial charge in [0.15, 0.2) is 5.84 Å². The fraction of sp³-hybridized carbons (Fsp3) is 0.188. The lowest BCUT2D eigenvalue weighted by atomic mass is 10.1. The van der Waals surface area contributed by atoms with Crippen molar-refractivity contribution in [2.45, 2.75) is 13.0 Å². The predicted molar refractivity (Wildman–Crippen MR) is 80.8 cm³/mol. The van der Waals surface area contributed by atoms with Crippen molar-refractivity contribution in [3.8, 4) is 0 Å². The number of amidine groups is 1. The Labute approximate surface area is 123 Å². The number of nitrogens with zero attached hydrogens (tertiary/aromatic N) is 1. The summed E-state index contributed by atoms with van der Waals surface area (Å²) >= 11 is 0. The van der Waals surface area contributed by atoms with Crippen molar-refractivity contribution in [3.63, 3.8) is 0 Å².